The second kappa shape index (κ2) is 6.58. The Morgan fingerprint density at radius 1 is 1.00 bits per heavy atom. The van der Waals surface area contributed by atoms with Gasteiger partial charge in [0.25, 0.3) is 0 Å². The van der Waals surface area contributed by atoms with Crippen molar-refractivity contribution in [1.29, 1.82) is 0 Å². The molecule has 3 heteroatoms. The molecule has 0 heterocycles. The normalized spacial score (nSPS) is 24.5. The first-order chi connectivity index (χ1) is 8.25. The molecule has 0 amide bonds. The fourth-order valence-corrected chi connectivity index (χ4v) is 3.61. The Balaban J connectivity index is 1.69. The molecule has 0 aromatic heterocycles. The van der Waals surface area contributed by atoms with E-state index in [1.165, 1.54) is 57.8 Å². The second-order valence-electron chi connectivity index (χ2n) is 5.79. The third-order valence-corrected chi connectivity index (χ3v) is 4.64. The van der Waals surface area contributed by atoms with Crippen LogP contribution in [-0.4, -0.2) is 17.2 Å². The first-order valence-electron chi connectivity index (χ1n) is 7.33. The molecule has 17 heavy (non-hydrogen) atoms. The third kappa shape index (κ3) is 4.13. The second-order valence-corrected chi connectivity index (χ2v) is 6.19. The van der Waals surface area contributed by atoms with E-state index in [9.17, 15) is 0 Å². The molecule has 98 valence electrons. The Morgan fingerprint density at radius 2 is 1.59 bits per heavy atom. The van der Waals surface area contributed by atoms with Gasteiger partial charge >= 0.3 is 0 Å². The summed E-state index contributed by atoms with van der Waals surface area (Å²) >= 11 is 5.41. The zero-order chi connectivity index (χ0) is 12.1. The molecule has 1 atom stereocenters. The first kappa shape index (κ1) is 13.1. The van der Waals surface area contributed by atoms with Crippen molar-refractivity contribution in [2.24, 2.45) is 5.92 Å². The smallest absolute Gasteiger partial charge is 0.166 e. The van der Waals surface area contributed by atoms with E-state index in [0.717, 1.165) is 11.0 Å². The Kier molecular flexibility index (Phi) is 5.08. The van der Waals surface area contributed by atoms with Crippen molar-refractivity contribution in [2.75, 3.05) is 0 Å². The van der Waals surface area contributed by atoms with Crippen molar-refractivity contribution in [1.82, 2.24) is 10.6 Å². The van der Waals surface area contributed by atoms with Crippen molar-refractivity contribution in [3.05, 3.63) is 0 Å². The Bertz CT molecular complexity index is 243. The van der Waals surface area contributed by atoms with Crippen LogP contribution >= 0.6 is 12.2 Å². The third-order valence-electron chi connectivity index (χ3n) is 4.41. The van der Waals surface area contributed by atoms with E-state index >= 15 is 0 Å². The molecule has 0 aromatic rings. The standard InChI is InChI=1S/C14H26N2S/c1-11(12-7-3-2-4-8-12)15-14(17)16-13-9-5-6-10-13/h11-13H,2-10H2,1H3,(H2,15,16,17). The minimum Gasteiger partial charge on any atom is -0.360 e. The van der Waals surface area contributed by atoms with E-state index in [2.05, 4.69) is 17.6 Å². The van der Waals surface area contributed by atoms with E-state index in [-0.39, 0.29) is 0 Å². The van der Waals surface area contributed by atoms with Crippen LogP contribution in [0.25, 0.3) is 0 Å². The molecule has 2 nitrogen and oxygen atoms in total. The summed E-state index contributed by atoms with van der Waals surface area (Å²) in [6.07, 6.45) is 12.3. The quantitative estimate of drug-likeness (QED) is 0.755. The number of hydrogen-bond donors (Lipinski definition) is 2. The van der Waals surface area contributed by atoms with Crippen molar-refractivity contribution in [2.45, 2.75) is 76.8 Å². The zero-order valence-electron chi connectivity index (χ0n) is 11.0. The van der Waals surface area contributed by atoms with Crippen molar-refractivity contribution in [3.8, 4) is 0 Å². The van der Waals surface area contributed by atoms with E-state index < -0.39 is 0 Å². The molecule has 0 bridgehead atoms. The van der Waals surface area contributed by atoms with Gasteiger partial charge in [-0.25, -0.2) is 0 Å². The first-order valence-corrected chi connectivity index (χ1v) is 7.73. The van der Waals surface area contributed by atoms with E-state index in [0.29, 0.717) is 12.1 Å². The molecular formula is C14H26N2S. The predicted molar refractivity (Wildman–Crippen MR) is 77.2 cm³/mol. The summed E-state index contributed by atoms with van der Waals surface area (Å²) in [5, 5.41) is 7.85. The van der Waals surface area contributed by atoms with Gasteiger partial charge in [-0.2, -0.15) is 0 Å². The summed E-state index contributed by atoms with van der Waals surface area (Å²) in [4.78, 5) is 0. The zero-order valence-corrected chi connectivity index (χ0v) is 11.8. The van der Waals surface area contributed by atoms with Crippen LogP contribution < -0.4 is 10.6 Å². The van der Waals surface area contributed by atoms with E-state index in [1.807, 2.05) is 0 Å². The molecule has 0 aromatic carbocycles. The average molecular weight is 254 g/mol. The number of thiocarbonyl (C=S) groups is 1. The maximum absolute atomic E-state index is 5.41. The van der Waals surface area contributed by atoms with Gasteiger partial charge in [-0.3, -0.25) is 0 Å². The van der Waals surface area contributed by atoms with Gasteiger partial charge in [0.05, 0.1) is 0 Å². The molecule has 1 unspecified atom stereocenters. The monoisotopic (exact) mass is 254 g/mol. The lowest BCUT2D eigenvalue weighted by atomic mass is 9.85. The maximum atomic E-state index is 5.41. The van der Waals surface area contributed by atoms with Gasteiger partial charge in [-0.1, -0.05) is 32.1 Å². The number of nitrogens with one attached hydrogen (secondary N) is 2. The van der Waals surface area contributed by atoms with Crippen LogP contribution in [0.5, 0.6) is 0 Å². The van der Waals surface area contributed by atoms with Crippen LogP contribution in [0.15, 0.2) is 0 Å². The molecule has 2 aliphatic carbocycles. The Labute approximate surface area is 111 Å². The van der Waals surface area contributed by atoms with Gasteiger partial charge in [0, 0.05) is 12.1 Å². The molecular weight excluding hydrogens is 228 g/mol. The topological polar surface area (TPSA) is 24.1 Å². The van der Waals surface area contributed by atoms with Crippen LogP contribution in [0.1, 0.15) is 64.7 Å². The van der Waals surface area contributed by atoms with Gasteiger partial charge < -0.3 is 10.6 Å². The molecule has 0 saturated heterocycles. The lowest BCUT2D eigenvalue weighted by Crippen LogP contribution is -2.47. The molecule has 2 N–H and O–H groups in total. The fourth-order valence-electron chi connectivity index (χ4n) is 3.26. The Morgan fingerprint density at radius 3 is 2.24 bits per heavy atom. The van der Waals surface area contributed by atoms with Crippen molar-refractivity contribution < 1.29 is 0 Å². The van der Waals surface area contributed by atoms with Crippen LogP contribution in [0.2, 0.25) is 0 Å². The Hall–Kier alpha value is -0.310. The number of rotatable bonds is 3. The summed E-state index contributed by atoms with van der Waals surface area (Å²) in [6, 6.07) is 1.17. The minimum atomic E-state index is 0.539. The minimum absolute atomic E-state index is 0.539. The van der Waals surface area contributed by atoms with Crippen LogP contribution in [0.3, 0.4) is 0 Å². The lowest BCUT2D eigenvalue weighted by molar-refractivity contribution is 0.300. The highest BCUT2D eigenvalue weighted by atomic mass is 32.1. The summed E-state index contributed by atoms with van der Waals surface area (Å²) in [6.45, 7) is 2.29. The molecule has 0 spiro atoms. The van der Waals surface area contributed by atoms with Crippen LogP contribution in [0, 0.1) is 5.92 Å². The average Bonchev–Trinajstić information content (AvgIpc) is 2.82. The highest BCUT2D eigenvalue weighted by Crippen LogP contribution is 2.26. The van der Waals surface area contributed by atoms with E-state index in [1.54, 1.807) is 0 Å². The van der Waals surface area contributed by atoms with Gasteiger partial charge in [0.15, 0.2) is 5.11 Å². The number of hydrogen-bond acceptors (Lipinski definition) is 1. The highest BCUT2D eigenvalue weighted by molar-refractivity contribution is 7.80. The lowest BCUT2D eigenvalue weighted by Gasteiger charge is -2.29. The largest absolute Gasteiger partial charge is 0.360 e. The van der Waals surface area contributed by atoms with Gasteiger partial charge in [-0.05, 0) is 50.7 Å². The SMILES string of the molecule is CC(NC(=S)NC1CCCC1)C1CCCCC1. The summed E-state index contributed by atoms with van der Waals surface area (Å²) in [7, 11) is 0. The molecule has 2 fully saturated rings. The summed E-state index contributed by atoms with van der Waals surface area (Å²) in [5.74, 6) is 0.826. The van der Waals surface area contributed by atoms with Gasteiger partial charge in [0.1, 0.15) is 0 Å². The summed E-state index contributed by atoms with van der Waals surface area (Å²) in [5.41, 5.74) is 0. The molecule has 2 rings (SSSR count). The molecule has 0 aliphatic heterocycles. The van der Waals surface area contributed by atoms with Gasteiger partial charge in [-0.15, -0.1) is 0 Å². The maximum Gasteiger partial charge on any atom is 0.166 e. The molecule has 2 aliphatic rings. The van der Waals surface area contributed by atoms with Gasteiger partial charge in [0.2, 0.25) is 0 Å². The van der Waals surface area contributed by atoms with Crippen LogP contribution in [0.4, 0.5) is 0 Å². The molecule has 2 saturated carbocycles. The molecule has 0 radical (unpaired) electrons. The fraction of sp³-hybridized carbons (Fsp3) is 0.929. The summed E-state index contributed by atoms with van der Waals surface area (Å²) < 4.78 is 0. The van der Waals surface area contributed by atoms with Crippen LogP contribution in [-0.2, 0) is 0 Å². The van der Waals surface area contributed by atoms with E-state index in [4.69, 9.17) is 12.2 Å². The van der Waals surface area contributed by atoms with Crippen molar-refractivity contribution >= 4 is 17.3 Å². The predicted octanol–water partition coefficient (Wildman–Crippen LogP) is 3.36. The highest BCUT2D eigenvalue weighted by Gasteiger charge is 2.21. The van der Waals surface area contributed by atoms with Crippen molar-refractivity contribution in [3.63, 3.8) is 0 Å².